The number of likely N-dealkylation sites (tertiary alicyclic amines) is 1. The molecule has 144 valence electrons. The second kappa shape index (κ2) is 7.98. The molecule has 7 nitrogen and oxygen atoms in total. The van der Waals surface area contributed by atoms with Crippen LogP contribution in [0.5, 0.6) is 5.75 Å². The third-order valence-electron chi connectivity index (χ3n) is 4.67. The highest BCUT2D eigenvalue weighted by atomic mass is 32.2. The highest BCUT2D eigenvalue weighted by Crippen LogP contribution is 2.26. The van der Waals surface area contributed by atoms with Gasteiger partial charge in [0.25, 0.3) is 15.9 Å². The Bertz CT molecular complexity index is 913. The number of para-hydroxylation sites is 2. The molecule has 0 radical (unpaired) electrons. The number of anilines is 1. The smallest absolute Gasteiger partial charge is 0.262 e. The molecule has 1 aliphatic rings. The Morgan fingerprint density at radius 2 is 1.93 bits per heavy atom. The molecular formula is C19H23N3O4S. The van der Waals surface area contributed by atoms with Crippen molar-refractivity contribution in [2.24, 2.45) is 5.73 Å². The zero-order valence-corrected chi connectivity index (χ0v) is 15.9. The highest BCUT2D eigenvalue weighted by molar-refractivity contribution is 7.92. The number of nitrogens with zero attached hydrogens (tertiary/aromatic N) is 1. The second-order valence-corrected chi connectivity index (χ2v) is 8.04. The van der Waals surface area contributed by atoms with Gasteiger partial charge in [0, 0.05) is 24.7 Å². The lowest BCUT2D eigenvalue weighted by atomic mass is 10.1. The van der Waals surface area contributed by atoms with Gasteiger partial charge in [-0.2, -0.15) is 0 Å². The number of sulfonamides is 1. The molecule has 1 amide bonds. The van der Waals surface area contributed by atoms with Crippen LogP contribution >= 0.6 is 0 Å². The van der Waals surface area contributed by atoms with Gasteiger partial charge < -0.3 is 15.4 Å². The minimum absolute atomic E-state index is 0.0492. The number of amides is 1. The van der Waals surface area contributed by atoms with Gasteiger partial charge in [0.15, 0.2) is 0 Å². The summed E-state index contributed by atoms with van der Waals surface area (Å²) in [6, 6.07) is 12.7. The Morgan fingerprint density at radius 1 is 1.22 bits per heavy atom. The van der Waals surface area contributed by atoms with Crippen LogP contribution in [-0.2, 0) is 10.0 Å². The van der Waals surface area contributed by atoms with Crippen LogP contribution in [0.25, 0.3) is 0 Å². The van der Waals surface area contributed by atoms with E-state index in [1.807, 2.05) is 0 Å². The SMILES string of the molecule is COc1ccccc1NS(=O)(=O)c1ccc(C(=O)N2CCCC2CN)cc1. The standard InChI is InChI=1S/C19H23N3O4S/c1-26-18-7-3-2-6-17(18)21-27(24,25)16-10-8-14(9-11-16)19(23)22-12-4-5-15(22)13-20/h2-3,6-11,15,21H,4-5,12-13,20H2,1H3. The molecule has 1 saturated heterocycles. The summed E-state index contributed by atoms with van der Waals surface area (Å²) >= 11 is 0. The van der Waals surface area contributed by atoms with Crippen LogP contribution in [0.2, 0.25) is 0 Å². The largest absolute Gasteiger partial charge is 0.495 e. The fraction of sp³-hybridized carbons (Fsp3) is 0.316. The lowest BCUT2D eigenvalue weighted by Gasteiger charge is -2.23. The zero-order chi connectivity index (χ0) is 19.4. The maximum atomic E-state index is 12.6. The van der Waals surface area contributed by atoms with Gasteiger partial charge in [0.05, 0.1) is 17.7 Å². The van der Waals surface area contributed by atoms with E-state index in [9.17, 15) is 13.2 Å². The number of hydrogen-bond donors (Lipinski definition) is 2. The zero-order valence-electron chi connectivity index (χ0n) is 15.1. The summed E-state index contributed by atoms with van der Waals surface area (Å²) in [4.78, 5) is 14.5. The van der Waals surface area contributed by atoms with Crippen molar-refractivity contribution in [2.75, 3.05) is 24.9 Å². The molecule has 27 heavy (non-hydrogen) atoms. The molecule has 0 spiro atoms. The molecule has 2 aromatic carbocycles. The van der Waals surface area contributed by atoms with Crippen molar-refractivity contribution >= 4 is 21.6 Å². The normalized spacial score (nSPS) is 17.0. The van der Waals surface area contributed by atoms with E-state index in [0.717, 1.165) is 12.8 Å². The fourth-order valence-corrected chi connectivity index (χ4v) is 4.29. The first-order valence-corrected chi connectivity index (χ1v) is 10.2. The lowest BCUT2D eigenvalue weighted by molar-refractivity contribution is 0.0741. The Hall–Kier alpha value is -2.58. The van der Waals surface area contributed by atoms with Crippen LogP contribution < -0.4 is 15.2 Å². The van der Waals surface area contributed by atoms with Gasteiger partial charge >= 0.3 is 0 Å². The van der Waals surface area contributed by atoms with Crippen molar-refractivity contribution in [1.29, 1.82) is 0 Å². The Balaban J connectivity index is 1.79. The monoisotopic (exact) mass is 389 g/mol. The summed E-state index contributed by atoms with van der Waals surface area (Å²) in [7, 11) is -2.33. The third-order valence-corrected chi connectivity index (χ3v) is 6.05. The number of rotatable bonds is 6. The predicted molar refractivity (Wildman–Crippen MR) is 103 cm³/mol. The van der Waals surface area contributed by atoms with Gasteiger partial charge in [-0.15, -0.1) is 0 Å². The molecular weight excluding hydrogens is 366 g/mol. The van der Waals surface area contributed by atoms with Crippen molar-refractivity contribution in [3.8, 4) is 5.75 Å². The van der Waals surface area contributed by atoms with E-state index in [4.69, 9.17) is 10.5 Å². The van der Waals surface area contributed by atoms with E-state index in [1.54, 1.807) is 29.2 Å². The Labute approximate surface area is 159 Å². The van der Waals surface area contributed by atoms with Gasteiger partial charge in [-0.3, -0.25) is 9.52 Å². The van der Waals surface area contributed by atoms with Gasteiger partial charge in [0.2, 0.25) is 0 Å². The van der Waals surface area contributed by atoms with Gasteiger partial charge in [0.1, 0.15) is 5.75 Å². The molecule has 1 atom stereocenters. The van der Waals surface area contributed by atoms with Crippen molar-refractivity contribution < 1.29 is 17.9 Å². The number of hydrogen-bond acceptors (Lipinski definition) is 5. The van der Waals surface area contributed by atoms with E-state index in [1.165, 1.54) is 31.4 Å². The summed E-state index contributed by atoms with van der Waals surface area (Å²) in [5.74, 6) is 0.305. The van der Waals surface area contributed by atoms with Crippen LogP contribution in [0.15, 0.2) is 53.4 Å². The Morgan fingerprint density at radius 3 is 2.59 bits per heavy atom. The number of methoxy groups -OCH3 is 1. The molecule has 1 unspecified atom stereocenters. The summed E-state index contributed by atoms with van der Waals surface area (Å²) in [5.41, 5.74) is 6.53. The quantitative estimate of drug-likeness (QED) is 0.787. The van der Waals surface area contributed by atoms with Crippen LogP contribution in [0, 0.1) is 0 Å². The van der Waals surface area contributed by atoms with Crippen molar-refractivity contribution in [2.45, 2.75) is 23.8 Å². The number of benzene rings is 2. The first-order valence-electron chi connectivity index (χ1n) is 8.73. The first kappa shape index (κ1) is 19.2. The molecule has 0 bridgehead atoms. The van der Waals surface area contributed by atoms with Crippen LogP contribution in [-0.4, -0.2) is 45.5 Å². The third kappa shape index (κ3) is 4.06. The maximum Gasteiger partial charge on any atom is 0.262 e. The molecule has 0 aromatic heterocycles. The minimum Gasteiger partial charge on any atom is -0.495 e. The fourth-order valence-electron chi connectivity index (χ4n) is 3.22. The van der Waals surface area contributed by atoms with Crippen molar-refractivity contribution in [3.05, 3.63) is 54.1 Å². The minimum atomic E-state index is -3.80. The lowest BCUT2D eigenvalue weighted by Crippen LogP contribution is -2.39. The molecule has 0 aliphatic carbocycles. The molecule has 3 N–H and O–H groups in total. The van der Waals surface area contributed by atoms with E-state index < -0.39 is 10.0 Å². The van der Waals surface area contributed by atoms with Crippen LogP contribution in [0.1, 0.15) is 23.2 Å². The molecule has 1 fully saturated rings. The molecule has 1 heterocycles. The predicted octanol–water partition coefficient (Wildman–Crippen LogP) is 2.06. The number of carbonyl (C=O) groups excluding carboxylic acids is 1. The van der Waals surface area contributed by atoms with E-state index in [-0.39, 0.29) is 16.8 Å². The topological polar surface area (TPSA) is 102 Å². The number of nitrogens with two attached hydrogens (primary N) is 1. The average molecular weight is 389 g/mol. The first-order chi connectivity index (χ1) is 13.0. The molecule has 3 rings (SSSR count). The number of carbonyl (C=O) groups is 1. The Kier molecular flexibility index (Phi) is 5.67. The molecule has 8 heteroatoms. The maximum absolute atomic E-state index is 12.6. The van der Waals surface area contributed by atoms with E-state index in [2.05, 4.69) is 4.72 Å². The summed E-state index contributed by atoms with van der Waals surface area (Å²) in [6.45, 7) is 1.11. The summed E-state index contributed by atoms with van der Waals surface area (Å²) < 4.78 is 32.9. The number of ether oxygens (including phenoxy) is 1. The van der Waals surface area contributed by atoms with Gasteiger partial charge in [-0.1, -0.05) is 12.1 Å². The van der Waals surface area contributed by atoms with E-state index >= 15 is 0 Å². The second-order valence-electron chi connectivity index (χ2n) is 6.36. The summed E-state index contributed by atoms with van der Waals surface area (Å²) in [5, 5.41) is 0. The molecule has 1 aliphatic heterocycles. The van der Waals surface area contributed by atoms with Crippen LogP contribution in [0.3, 0.4) is 0 Å². The van der Waals surface area contributed by atoms with Crippen molar-refractivity contribution in [1.82, 2.24) is 4.90 Å². The van der Waals surface area contributed by atoms with Gasteiger partial charge in [-0.05, 0) is 49.2 Å². The average Bonchev–Trinajstić information content (AvgIpc) is 3.16. The van der Waals surface area contributed by atoms with E-state index in [0.29, 0.717) is 30.1 Å². The van der Waals surface area contributed by atoms with Gasteiger partial charge in [-0.25, -0.2) is 8.42 Å². The highest BCUT2D eigenvalue weighted by Gasteiger charge is 2.28. The van der Waals surface area contributed by atoms with Crippen molar-refractivity contribution in [3.63, 3.8) is 0 Å². The molecule has 0 saturated carbocycles. The summed E-state index contributed by atoms with van der Waals surface area (Å²) in [6.07, 6.45) is 1.83. The van der Waals surface area contributed by atoms with Crippen LogP contribution in [0.4, 0.5) is 5.69 Å². The molecule has 2 aromatic rings. The number of nitrogens with one attached hydrogen (secondary N) is 1.